The summed E-state index contributed by atoms with van der Waals surface area (Å²) < 4.78 is 1.91. The molecular formula is C14H12N4O2. The molecule has 0 atom stereocenters. The van der Waals surface area contributed by atoms with Gasteiger partial charge in [0.05, 0.1) is 17.5 Å². The van der Waals surface area contributed by atoms with E-state index in [-0.39, 0.29) is 5.56 Å². The maximum absolute atomic E-state index is 10.9. The Morgan fingerprint density at radius 2 is 2.00 bits per heavy atom. The average molecular weight is 268 g/mol. The van der Waals surface area contributed by atoms with E-state index < -0.39 is 5.97 Å². The molecule has 0 radical (unpaired) electrons. The van der Waals surface area contributed by atoms with Crippen molar-refractivity contribution in [1.82, 2.24) is 14.4 Å². The van der Waals surface area contributed by atoms with Gasteiger partial charge in [-0.25, -0.2) is 14.8 Å². The van der Waals surface area contributed by atoms with E-state index in [4.69, 9.17) is 5.11 Å². The van der Waals surface area contributed by atoms with Gasteiger partial charge in [-0.05, 0) is 12.1 Å². The third-order valence-electron chi connectivity index (χ3n) is 3.09. The summed E-state index contributed by atoms with van der Waals surface area (Å²) in [6, 6.07) is 6.70. The van der Waals surface area contributed by atoms with Crippen LogP contribution >= 0.6 is 0 Å². The molecule has 0 spiro atoms. The van der Waals surface area contributed by atoms with Crippen LogP contribution in [0.4, 0.5) is 5.82 Å². The fourth-order valence-electron chi connectivity index (χ4n) is 2.09. The largest absolute Gasteiger partial charge is 0.478 e. The first kappa shape index (κ1) is 12.2. The van der Waals surface area contributed by atoms with Crippen LogP contribution in [0.5, 0.6) is 0 Å². The number of hydrogen-bond acceptors (Lipinski definition) is 4. The number of carbonyl (C=O) groups is 1. The van der Waals surface area contributed by atoms with Crippen molar-refractivity contribution in [3.8, 4) is 11.3 Å². The summed E-state index contributed by atoms with van der Waals surface area (Å²) in [7, 11) is 1.79. The van der Waals surface area contributed by atoms with Gasteiger partial charge >= 0.3 is 5.97 Å². The van der Waals surface area contributed by atoms with Crippen LogP contribution in [0.15, 0.2) is 42.9 Å². The molecule has 100 valence electrons. The molecule has 0 bridgehead atoms. The quantitative estimate of drug-likeness (QED) is 0.760. The maximum Gasteiger partial charge on any atom is 0.335 e. The summed E-state index contributed by atoms with van der Waals surface area (Å²) in [5, 5.41) is 11.9. The second kappa shape index (κ2) is 4.65. The Kier molecular flexibility index (Phi) is 2.83. The molecule has 0 aliphatic rings. The van der Waals surface area contributed by atoms with Crippen molar-refractivity contribution in [2.75, 3.05) is 12.4 Å². The number of imidazole rings is 1. The Morgan fingerprint density at radius 3 is 2.65 bits per heavy atom. The van der Waals surface area contributed by atoms with Gasteiger partial charge in [0, 0.05) is 25.0 Å². The third kappa shape index (κ3) is 1.87. The molecule has 2 N–H and O–H groups in total. The predicted octanol–water partition coefficient (Wildman–Crippen LogP) is 2.14. The zero-order valence-corrected chi connectivity index (χ0v) is 10.7. The molecule has 3 rings (SSSR count). The third-order valence-corrected chi connectivity index (χ3v) is 3.09. The van der Waals surface area contributed by atoms with Gasteiger partial charge in [-0.3, -0.25) is 4.40 Å². The van der Waals surface area contributed by atoms with Gasteiger partial charge in [-0.15, -0.1) is 0 Å². The summed E-state index contributed by atoms with van der Waals surface area (Å²) in [6.07, 6.45) is 5.26. The molecule has 6 heteroatoms. The van der Waals surface area contributed by atoms with E-state index in [1.165, 1.54) is 0 Å². The number of nitrogens with zero attached hydrogens (tertiary/aromatic N) is 3. The van der Waals surface area contributed by atoms with E-state index in [0.717, 1.165) is 16.9 Å². The zero-order valence-electron chi connectivity index (χ0n) is 10.7. The lowest BCUT2D eigenvalue weighted by Gasteiger charge is -2.04. The summed E-state index contributed by atoms with van der Waals surface area (Å²) in [5.41, 5.74) is 2.78. The number of carboxylic acids is 1. The van der Waals surface area contributed by atoms with Crippen molar-refractivity contribution in [3.05, 3.63) is 48.4 Å². The molecular weight excluding hydrogens is 256 g/mol. The van der Waals surface area contributed by atoms with Crippen LogP contribution < -0.4 is 5.32 Å². The first-order valence-electron chi connectivity index (χ1n) is 6.04. The minimum absolute atomic E-state index is 0.264. The zero-order chi connectivity index (χ0) is 14.1. The highest BCUT2D eigenvalue weighted by Crippen LogP contribution is 2.23. The second-order valence-corrected chi connectivity index (χ2v) is 4.25. The Hall–Kier alpha value is -2.89. The minimum atomic E-state index is -0.934. The van der Waals surface area contributed by atoms with Gasteiger partial charge in [-0.1, -0.05) is 12.1 Å². The molecule has 0 aliphatic heterocycles. The predicted molar refractivity (Wildman–Crippen MR) is 74.9 cm³/mol. The van der Waals surface area contributed by atoms with Crippen LogP contribution in [-0.4, -0.2) is 32.5 Å². The summed E-state index contributed by atoms with van der Waals surface area (Å²) >= 11 is 0. The van der Waals surface area contributed by atoms with Crippen LogP contribution in [0.2, 0.25) is 0 Å². The molecule has 0 fully saturated rings. The summed E-state index contributed by atoms with van der Waals surface area (Å²) in [6.45, 7) is 0. The summed E-state index contributed by atoms with van der Waals surface area (Å²) in [5.74, 6) is -0.239. The van der Waals surface area contributed by atoms with Gasteiger partial charge in [-0.2, -0.15) is 0 Å². The van der Waals surface area contributed by atoms with Crippen LogP contribution in [-0.2, 0) is 0 Å². The van der Waals surface area contributed by atoms with E-state index in [0.29, 0.717) is 5.82 Å². The molecule has 3 aromatic rings. The van der Waals surface area contributed by atoms with Gasteiger partial charge in [0.25, 0.3) is 0 Å². The van der Waals surface area contributed by atoms with Gasteiger partial charge in [0.15, 0.2) is 11.5 Å². The Bertz CT molecular complexity index is 777. The number of rotatable bonds is 3. The SMILES string of the molecule is CNc1nccn2c(-c3ccc(C(=O)O)cc3)cnc12. The maximum atomic E-state index is 10.9. The second-order valence-electron chi connectivity index (χ2n) is 4.25. The number of aromatic nitrogens is 3. The van der Waals surface area contributed by atoms with Crippen molar-refractivity contribution in [2.45, 2.75) is 0 Å². The number of hydrogen-bond donors (Lipinski definition) is 2. The van der Waals surface area contributed by atoms with Crippen molar-refractivity contribution in [3.63, 3.8) is 0 Å². The molecule has 0 saturated carbocycles. The van der Waals surface area contributed by atoms with Crippen LogP contribution in [0.25, 0.3) is 16.9 Å². The van der Waals surface area contributed by atoms with Crippen LogP contribution in [0, 0.1) is 0 Å². The van der Waals surface area contributed by atoms with Gasteiger partial charge in [0.2, 0.25) is 0 Å². The van der Waals surface area contributed by atoms with Gasteiger partial charge < -0.3 is 10.4 Å². The first-order chi connectivity index (χ1) is 9.70. The number of aromatic carboxylic acids is 1. The lowest BCUT2D eigenvalue weighted by molar-refractivity contribution is 0.0697. The number of nitrogens with one attached hydrogen (secondary N) is 1. The number of carboxylic acid groups (broad SMARTS) is 1. The van der Waals surface area contributed by atoms with Gasteiger partial charge in [0.1, 0.15) is 0 Å². The van der Waals surface area contributed by atoms with Crippen molar-refractivity contribution in [2.24, 2.45) is 0 Å². The monoisotopic (exact) mass is 268 g/mol. The highest BCUT2D eigenvalue weighted by Gasteiger charge is 2.10. The van der Waals surface area contributed by atoms with Crippen LogP contribution in [0.3, 0.4) is 0 Å². The molecule has 2 aromatic heterocycles. The van der Waals surface area contributed by atoms with Crippen molar-refractivity contribution >= 4 is 17.4 Å². The van der Waals surface area contributed by atoms with Crippen molar-refractivity contribution < 1.29 is 9.90 Å². The molecule has 0 aliphatic carbocycles. The Morgan fingerprint density at radius 1 is 1.25 bits per heavy atom. The molecule has 0 unspecified atom stereocenters. The smallest absolute Gasteiger partial charge is 0.335 e. The van der Waals surface area contributed by atoms with E-state index in [1.54, 1.807) is 43.7 Å². The lowest BCUT2D eigenvalue weighted by atomic mass is 10.1. The summed E-state index contributed by atoms with van der Waals surface area (Å²) in [4.78, 5) is 19.4. The highest BCUT2D eigenvalue weighted by atomic mass is 16.4. The van der Waals surface area contributed by atoms with E-state index in [9.17, 15) is 4.79 Å². The molecule has 6 nitrogen and oxygen atoms in total. The molecule has 20 heavy (non-hydrogen) atoms. The standard InChI is InChI=1S/C14H12N4O2/c1-15-12-13-17-8-11(18(13)7-6-16-12)9-2-4-10(5-3-9)14(19)20/h2-8H,1H3,(H,15,16)(H,19,20). The molecule has 1 aromatic carbocycles. The molecule has 0 amide bonds. The Labute approximate surface area is 114 Å². The lowest BCUT2D eigenvalue weighted by Crippen LogP contribution is -1.98. The number of fused-ring (bicyclic) bond motifs is 1. The molecule has 2 heterocycles. The normalized spacial score (nSPS) is 10.7. The fraction of sp³-hybridized carbons (Fsp3) is 0.0714. The topological polar surface area (TPSA) is 79.5 Å². The average Bonchev–Trinajstić information content (AvgIpc) is 2.91. The van der Waals surface area contributed by atoms with E-state index in [2.05, 4.69) is 15.3 Å². The van der Waals surface area contributed by atoms with E-state index in [1.807, 2.05) is 10.6 Å². The number of anilines is 1. The molecule has 0 saturated heterocycles. The van der Waals surface area contributed by atoms with Crippen LogP contribution in [0.1, 0.15) is 10.4 Å². The number of benzene rings is 1. The Balaban J connectivity index is 2.12. The van der Waals surface area contributed by atoms with Crippen molar-refractivity contribution in [1.29, 1.82) is 0 Å². The fourth-order valence-corrected chi connectivity index (χ4v) is 2.09. The first-order valence-corrected chi connectivity index (χ1v) is 6.04. The highest BCUT2D eigenvalue weighted by molar-refractivity contribution is 5.88. The minimum Gasteiger partial charge on any atom is -0.478 e. The van der Waals surface area contributed by atoms with E-state index >= 15 is 0 Å².